The average Bonchev–Trinajstić information content (AvgIpc) is 2.64. The molecule has 3 aromatic rings. The first kappa shape index (κ1) is 9.48. The van der Waals surface area contributed by atoms with E-state index in [1.807, 2.05) is 36.4 Å². The highest BCUT2D eigenvalue weighted by atomic mass is 16.1. The van der Waals surface area contributed by atoms with Crippen molar-refractivity contribution in [2.24, 2.45) is 10.2 Å². The molecule has 0 aliphatic carbocycles. The fraction of sp³-hybridized carbons (Fsp3) is 0. The Morgan fingerprint density at radius 2 is 1.61 bits per heavy atom. The molecule has 4 bridgehead atoms. The van der Waals surface area contributed by atoms with Crippen molar-refractivity contribution in [1.82, 2.24) is 0 Å². The molecule has 3 aromatic carbocycles. The molecule has 0 radical (unpaired) electrons. The average molecular weight is 232 g/mol. The van der Waals surface area contributed by atoms with Crippen molar-refractivity contribution in [3.05, 3.63) is 48.0 Å². The number of benzene rings is 3. The molecule has 0 spiro atoms. The third-order valence-corrected chi connectivity index (χ3v) is 3.41. The van der Waals surface area contributed by atoms with Gasteiger partial charge in [-0.3, -0.25) is 4.79 Å². The Morgan fingerprint density at radius 3 is 2.44 bits per heavy atom. The van der Waals surface area contributed by atoms with Crippen molar-refractivity contribution >= 4 is 39.2 Å². The van der Waals surface area contributed by atoms with Crippen LogP contribution in [0.25, 0.3) is 21.5 Å². The van der Waals surface area contributed by atoms with Gasteiger partial charge in [0, 0.05) is 10.8 Å². The molecule has 0 N–H and O–H groups in total. The van der Waals surface area contributed by atoms with Gasteiger partial charge in [-0.15, -0.1) is 10.2 Å². The minimum atomic E-state index is 0.631. The highest BCUT2D eigenvalue weighted by Gasteiger charge is 2.18. The Bertz CT molecular complexity index is 850. The van der Waals surface area contributed by atoms with Crippen molar-refractivity contribution < 1.29 is 4.79 Å². The van der Waals surface area contributed by atoms with Crippen LogP contribution < -0.4 is 0 Å². The molecule has 2 aliphatic rings. The fourth-order valence-corrected chi connectivity index (χ4v) is 2.64. The van der Waals surface area contributed by atoms with Gasteiger partial charge < -0.3 is 0 Å². The van der Waals surface area contributed by atoms with E-state index in [-0.39, 0.29) is 0 Å². The molecule has 0 fully saturated rings. The van der Waals surface area contributed by atoms with Gasteiger partial charge in [-0.25, -0.2) is 0 Å². The Morgan fingerprint density at radius 1 is 0.833 bits per heavy atom. The summed E-state index contributed by atoms with van der Waals surface area (Å²) in [6.45, 7) is 0. The van der Waals surface area contributed by atoms with Gasteiger partial charge in [0.25, 0.3) is 0 Å². The summed E-state index contributed by atoms with van der Waals surface area (Å²) in [5, 5.41) is 12.5. The van der Waals surface area contributed by atoms with E-state index in [0.717, 1.165) is 33.5 Å². The lowest BCUT2D eigenvalue weighted by atomic mass is 9.95. The minimum Gasteiger partial charge on any atom is -0.298 e. The number of nitrogens with zero attached hydrogens (tertiary/aromatic N) is 2. The van der Waals surface area contributed by atoms with E-state index in [1.165, 1.54) is 0 Å². The zero-order valence-electron chi connectivity index (χ0n) is 9.42. The van der Waals surface area contributed by atoms with Gasteiger partial charge in [-0.2, -0.15) is 0 Å². The number of aldehydes is 1. The third kappa shape index (κ3) is 1.01. The van der Waals surface area contributed by atoms with Crippen LogP contribution in [-0.2, 0) is 0 Å². The zero-order valence-corrected chi connectivity index (χ0v) is 9.42. The molecule has 0 amide bonds. The lowest BCUT2D eigenvalue weighted by molar-refractivity contribution is 0.112. The predicted molar refractivity (Wildman–Crippen MR) is 71.0 cm³/mol. The fourth-order valence-electron chi connectivity index (χ4n) is 2.64. The molecular formula is C15H8N2O. The van der Waals surface area contributed by atoms with E-state index in [2.05, 4.69) is 16.3 Å². The van der Waals surface area contributed by atoms with Crippen molar-refractivity contribution in [2.75, 3.05) is 0 Å². The van der Waals surface area contributed by atoms with Crippen LogP contribution in [0.15, 0.2) is 52.7 Å². The lowest BCUT2D eigenvalue weighted by Crippen LogP contribution is -1.86. The Hall–Kier alpha value is -2.55. The Kier molecular flexibility index (Phi) is 1.70. The topological polar surface area (TPSA) is 41.8 Å². The first-order chi connectivity index (χ1) is 8.90. The van der Waals surface area contributed by atoms with Gasteiger partial charge >= 0.3 is 0 Å². The lowest BCUT2D eigenvalue weighted by Gasteiger charge is -2.07. The summed E-state index contributed by atoms with van der Waals surface area (Å²) in [7, 11) is 0. The van der Waals surface area contributed by atoms with Crippen molar-refractivity contribution in [1.29, 1.82) is 0 Å². The number of hydrogen-bond donors (Lipinski definition) is 0. The number of hydrogen-bond acceptors (Lipinski definition) is 3. The monoisotopic (exact) mass is 232 g/mol. The van der Waals surface area contributed by atoms with Gasteiger partial charge in [0.15, 0.2) is 6.29 Å². The van der Waals surface area contributed by atoms with Crippen LogP contribution in [0.4, 0.5) is 11.4 Å². The second-order valence-corrected chi connectivity index (χ2v) is 4.33. The number of azo groups is 1. The summed E-state index contributed by atoms with van der Waals surface area (Å²) in [6.07, 6.45) is 0.873. The van der Waals surface area contributed by atoms with Gasteiger partial charge in [0.2, 0.25) is 0 Å². The van der Waals surface area contributed by atoms with E-state index in [4.69, 9.17) is 0 Å². The van der Waals surface area contributed by atoms with Crippen LogP contribution in [0.3, 0.4) is 0 Å². The molecule has 5 rings (SSSR count). The largest absolute Gasteiger partial charge is 0.298 e. The van der Waals surface area contributed by atoms with Crippen molar-refractivity contribution in [3.63, 3.8) is 0 Å². The SMILES string of the molecule is O=Cc1c2c3ccccc3c3c(cccc13)N=N2. The maximum absolute atomic E-state index is 11.4. The summed E-state index contributed by atoms with van der Waals surface area (Å²) in [5.74, 6) is 0. The molecule has 2 heterocycles. The molecule has 84 valence electrons. The van der Waals surface area contributed by atoms with E-state index in [1.54, 1.807) is 0 Å². The van der Waals surface area contributed by atoms with Crippen molar-refractivity contribution in [2.45, 2.75) is 0 Å². The standard InChI is InChI=1S/C15H8N2O/c18-8-12-10-6-3-7-13-14(10)9-4-1-2-5-11(9)15(12)17-16-13/h1-8H. The predicted octanol–water partition coefficient (Wildman–Crippen LogP) is 4.53. The highest BCUT2D eigenvalue weighted by Crippen LogP contribution is 2.44. The summed E-state index contributed by atoms with van der Waals surface area (Å²) >= 11 is 0. The molecule has 0 aromatic heterocycles. The number of carbonyl (C=O) groups excluding carboxylic acids is 1. The molecule has 2 aliphatic heterocycles. The summed E-state index contributed by atoms with van der Waals surface area (Å²) in [4.78, 5) is 11.4. The second kappa shape index (κ2) is 3.23. The molecule has 18 heavy (non-hydrogen) atoms. The number of rotatable bonds is 1. The minimum absolute atomic E-state index is 0.631. The van der Waals surface area contributed by atoms with Crippen LogP contribution >= 0.6 is 0 Å². The smallest absolute Gasteiger partial charge is 0.152 e. The zero-order chi connectivity index (χ0) is 12.1. The summed E-state index contributed by atoms with van der Waals surface area (Å²) in [6, 6.07) is 13.8. The summed E-state index contributed by atoms with van der Waals surface area (Å²) in [5.41, 5.74) is 2.13. The molecule has 3 nitrogen and oxygen atoms in total. The first-order valence-corrected chi connectivity index (χ1v) is 5.74. The molecular weight excluding hydrogens is 224 g/mol. The molecule has 0 atom stereocenters. The summed E-state index contributed by atoms with van der Waals surface area (Å²) < 4.78 is 0. The normalized spacial score (nSPS) is 12.4. The molecule has 0 saturated carbocycles. The van der Waals surface area contributed by atoms with Crippen LogP contribution in [0.2, 0.25) is 0 Å². The van der Waals surface area contributed by atoms with Gasteiger partial charge in [-0.1, -0.05) is 36.4 Å². The number of carbonyl (C=O) groups is 1. The molecule has 3 heteroatoms. The first-order valence-electron chi connectivity index (χ1n) is 5.74. The molecule has 0 unspecified atom stereocenters. The van der Waals surface area contributed by atoms with Gasteiger partial charge in [0.1, 0.15) is 5.69 Å². The quantitative estimate of drug-likeness (QED) is 0.351. The van der Waals surface area contributed by atoms with Gasteiger partial charge in [-0.05, 0) is 16.8 Å². The third-order valence-electron chi connectivity index (χ3n) is 3.41. The van der Waals surface area contributed by atoms with Crippen LogP contribution in [0, 0.1) is 0 Å². The van der Waals surface area contributed by atoms with Crippen LogP contribution in [0.5, 0.6) is 0 Å². The maximum atomic E-state index is 11.4. The molecule has 0 saturated heterocycles. The van der Waals surface area contributed by atoms with Crippen LogP contribution in [-0.4, -0.2) is 6.29 Å². The Labute approximate surface area is 103 Å². The van der Waals surface area contributed by atoms with E-state index in [0.29, 0.717) is 11.3 Å². The van der Waals surface area contributed by atoms with E-state index < -0.39 is 0 Å². The Balaban J connectivity index is 2.47. The van der Waals surface area contributed by atoms with Crippen LogP contribution in [0.1, 0.15) is 10.4 Å². The van der Waals surface area contributed by atoms with Gasteiger partial charge in [0.05, 0.1) is 11.3 Å². The maximum Gasteiger partial charge on any atom is 0.152 e. The highest BCUT2D eigenvalue weighted by molar-refractivity contribution is 6.23. The van der Waals surface area contributed by atoms with E-state index >= 15 is 0 Å². The van der Waals surface area contributed by atoms with E-state index in [9.17, 15) is 4.79 Å². The second-order valence-electron chi connectivity index (χ2n) is 4.33. The van der Waals surface area contributed by atoms with Crippen molar-refractivity contribution in [3.8, 4) is 0 Å².